The number of aryl methyl sites for hydroxylation is 2. The molecule has 9 heteroatoms. The molecule has 2 aromatic heterocycles. The van der Waals surface area contributed by atoms with Crippen LogP contribution in [0.2, 0.25) is 0 Å². The van der Waals surface area contributed by atoms with E-state index in [4.69, 9.17) is 4.52 Å². The summed E-state index contributed by atoms with van der Waals surface area (Å²) >= 11 is 0. The van der Waals surface area contributed by atoms with Crippen LogP contribution in [0.4, 0.5) is 10.2 Å². The zero-order valence-electron chi connectivity index (χ0n) is 12.4. The van der Waals surface area contributed by atoms with Gasteiger partial charge in [0.15, 0.2) is 5.82 Å². The Morgan fingerprint density at radius 2 is 2.17 bits per heavy atom. The van der Waals surface area contributed by atoms with E-state index in [1.165, 1.54) is 6.07 Å². The molecule has 1 N–H and O–H groups in total. The molecule has 2 heterocycles. The molecule has 0 spiro atoms. The predicted molar refractivity (Wildman–Crippen MR) is 77.8 cm³/mol. The van der Waals surface area contributed by atoms with Crippen LogP contribution < -0.4 is 5.32 Å². The average molecular weight is 316 g/mol. The Balaban J connectivity index is 1.69. The molecular formula is C14H13FN6O2. The van der Waals surface area contributed by atoms with E-state index in [9.17, 15) is 9.18 Å². The van der Waals surface area contributed by atoms with Gasteiger partial charge in [0.25, 0.3) is 0 Å². The van der Waals surface area contributed by atoms with Crippen molar-refractivity contribution in [3.8, 4) is 11.4 Å². The van der Waals surface area contributed by atoms with Gasteiger partial charge in [0.2, 0.25) is 11.7 Å². The van der Waals surface area contributed by atoms with Gasteiger partial charge in [-0.15, -0.1) is 10.2 Å². The molecule has 0 aliphatic carbocycles. The van der Waals surface area contributed by atoms with Gasteiger partial charge in [-0.1, -0.05) is 5.16 Å². The molecule has 0 atom stereocenters. The molecule has 8 nitrogen and oxygen atoms in total. The highest BCUT2D eigenvalue weighted by molar-refractivity contribution is 5.89. The molecule has 0 aliphatic heterocycles. The molecule has 3 aromatic rings. The van der Waals surface area contributed by atoms with Crippen LogP contribution in [0.15, 0.2) is 28.8 Å². The fourth-order valence-corrected chi connectivity index (χ4v) is 1.95. The Kier molecular flexibility index (Phi) is 3.83. The predicted octanol–water partition coefficient (Wildman–Crippen LogP) is 1.72. The molecule has 0 unspecified atom stereocenters. The fourth-order valence-electron chi connectivity index (χ4n) is 1.95. The maximum absolute atomic E-state index is 13.3. The molecule has 23 heavy (non-hydrogen) atoms. The first-order valence-corrected chi connectivity index (χ1v) is 6.79. The van der Waals surface area contributed by atoms with Gasteiger partial charge in [0.1, 0.15) is 18.1 Å². The number of carbonyl (C=O) groups excluding carboxylic acids is 1. The Morgan fingerprint density at radius 1 is 1.35 bits per heavy atom. The van der Waals surface area contributed by atoms with Crippen LogP contribution in [0.25, 0.3) is 11.4 Å². The van der Waals surface area contributed by atoms with Crippen LogP contribution in [0.5, 0.6) is 0 Å². The quantitative estimate of drug-likeness (QED) is 0.787. The number of amides is 1. The van der Waals surface area contributed by atoms with Crippen molar-refractivity contribution < 1.29 is 13.7 Å². The number of nitrogens with one attached hydrogen (secondary N) is 1. The molecular weight excluding hydrogens is 303 g/mol. The first-order chi connectivity index (χ1) is 11.0. The number of benzene rings is 1. The molecule has 0 aliphatic rings. The maximum atomic E-state index is 13.3. The Morgan fingerprint density at radius 3 is 2.87 bits per heavy atom. The topological polar surface area (TPSA) is 98.7 Å². The van der Waals surface area contributed by atoms with E-state index in [0.717, 1.165) is 4.80 Å². The largest absolute Gasteiger partial charge is 0.360 e. The number of halogens is 1. The lowest BCUT2D eigenvalue weighted by Crippen LogP contribution is -2.20. The monoisotopic (exact) mass is 316 g/mol. The number of carbonyl (C=O) groups is 1. The van der Waals surface area contributed by atoms with Crippen LogP contribution in [0.1, 0.15) is 11.3 Å². The van der Waals surface area contributed by atoms with Crippen molar-refractivity contribution >= 4 is 11.7 Å². The lowest BCUT2D eigenvalue weighted by Gasteiger charge is -2.00. The number of aromatic nitrogens is 5. The van der Waals surface area contributed by atoms with Gasteiger partial charge in [-0.2, -0.15) is 4.80 Å². The van der Waals surface area contributed by atoms with Gasteiger partial charge in [-0.05, 0) is 42.8 Å². The number of hydrogen-bond donors (Lipinski definition) is 1. The number of nitrogens with zero attached hydrogens (tertiary/aromatic N) is 5. The highest BCUT2D eigenvalue weighted by atomic mass is 19.1. The molecule has 0 saturated carbocycles. The molecule has 0 saturated heterocycles. The summed E-state index contributed by atoms with van der Waals surface area (Å²) in [5, 5.41) is 18.0. The van der Waals surface area contributed by atoms with Gasteiger partial charge >= 0.3 is 0 Å². The summed E-state index contributed by atoms with van der Waals surface area (Å²) in [6.45, 7) is 3.24. The van der Waals surface area contributed by atoms with Crippen molar-refractivity contribution in [3.05, 3.63) is 41.4 Å². The van der Waals surface area contributed by atoms with Crippen molar-refractivity contribution in [2.75, 3.05) is 5.32 Å². The van der Waals surface area contributed by atoms with Gasteiger partial charge < -0.3 is 9.84 Å². The first-order valence-electron chi connectivity index (χ1n) is 6.79. The number of tetrazole rings is 1. The van der Waals surface area contributed by atoms with E-state index in [1.807, 2.05) is 0 Å². The number of anilines is 1. The molecule has 0 radical (unpaired) electrons. The third-order valence-corrected chi connectivity index (χ3v) is 3.05. The lowest BCUT2D eigenvalue weighted by atomic mass is 10.1. The smallest absolute Gasteiger partial charge is 0.249 e. The van der Waals surface area contributed by atoms with E-state index in [-0.39, 0.29) is 18.3 Å². The van der Waals surface area contributed by atoms with E-state index in [2.05, 4.69) is 25.9 Å². The molecule has 1 amide bonds. The fraction of sp³-hybridized carbons (Fsp3) is 0.214. The molecule has 0 bridgehead atoms. The lowest BCUT2D eigenvalue weighted by molar-refractivity contribution is -0.117. The summed E-state index contributed by atoms with van der Waals surface area (Å²) in [5.74, 6) is 0.564. The summed E-state index contributed by atoms with van der Waals surface area (Å²) in [6.07, 6.45) is 0. The van der Waals surface area contributed by atoms with E-state index < -0.39 is 0 Å². The zero-order chi connectivity index (χ0) is 16.4. The number of hydrogen-bond acceptors (Lipinski definition) is 6. The minimum absolute atomic E-state index is 0.126. The van der Waals surface area contributed by atoms with Gasteiger partial charge in [-0.3, -0.25) is 4.79 Å². The van der Waals surface area contributed by atoms with Gasteiger partial charge in [0.05, 0.1) is 0 Å². The molecule has 1 aromatic carbocycles. The zero-order valence-corrected chi connectivity index (χ0v) is 12.4. The maximum Gasteiger partial charge on any atom is 0.249 e. The first kappa shape index (κ1) is 14.8. The van der Waals surface area contributed by atoms with Crippen LogP contribution >= 0.6 is 0 Å². The summed E-state index contributed by atoms with van der Waals surface area (Å²) in [7, 11) is 0. The van der Waals surface area contributed by atoms with Gasteiger partial charge in [0, 0.05) is 11.6 Å². The summed E-state index contributed by atoms with van der Waals surface area (Å²) in [4.78, 5) is 13.0. The SMILES string of the molecule is Cc1cc(NC(=O)Cn2nnc(-c3ccc(F)c(C)c3)n2)no1. The molecule has 0 fully saturated rings. The van der Waals surface area contributed by atoms with Crippen molar-refractivity contribution in [1.82, 2.24) is 25.4 Å². The second kappa shape index (κ2) is 5.95. The Labute approximate surface area is 130 Å². The van der Waals surface area contributed by atoms with Crippen molar-refractivity contribution in [1.29, 1.82) is 0 Å². The third kappa shape index (κ3) is 3.39. The highest BCUT2D eigenvalue weighted by Gasteiger charge is 2.12. The Hall–Kier alpha value is -3.10. The van der Waals surface area contributed by atoms with Crippen molar-refractivity contribution in [2.24, 2.45) is 0 Å². The molecule has 3 rings (SSSR count). The van der Waals surface area contributed by atoms with E-state index >= 15 is 0 Å². The van der Waals surface area contributed by atoms with Crippen LogP contribution in [-0.4, -0.2) is 31.3 Å². The third-order valence-electron chi connectivity index (χ3n) is 3.05. The number of rotatable bonds is 4. The van der Waals surface area contributed by atoms with Crippen molar-refractivity contribution in [2.45, 2.75) is 20.4 Å². The molecule has 118 valence electrons. The average Bonchev–Trinajstić information content (AvgIpc) is 3.11. The minimum Gasteiger partial charge on any atom is -0.360 e. The second-order valence-electron chi connectivity index (χ2n) is 4.98. The van der Waals surface area contributed by atoms with Crippen LogP contribution in [0.3, 0.4) is 0 Å². The van der Waals surface area contributed by atoms with Gasteiger partial charge in [-0.25, -0.2) is 4.39 Å². The Bertz CT molecular complexity index is 857. The summed E-state index contributed by atoms with van der Waals surface area (Å²) in [6, 6.07) is 6.11. The summed E-state index contributed by atoms with van der Waals surface area (Å²) in [5.41, 5.74) is 1.11. The van der Waals surface area contributed by atoms with Crippen LogP contribution in [0, 0.1) is 19.7 Å². The summed E-state index contributed by atoms with van der Waals surface area (Å²) < 4.78 is 18.1. The minimum atomic E-state index is -0.363. The normalized spacial score (nSPS) is 10.7. The van der Waals surface area contributed by atoms with Crippen molar-refractivity contribution in [3.63, 3.8) is 0 Å². The second-order valence-corrected chi connectivity index (χ2v) is 4.98. The van der Waals surface area contributed by atoms with E-state index in [0.29, 0.717) is 28.5 Å². The van der Waals surface area contributed by atoms with Crippen LogP contribution in [-0.2, 0) is 11.3 Å². The standard InChI is InChI=1S/C14H13FN6O2/c1-8-5-10(3-4-11(8)15)14-17-20-21(18-14)7-13(22)16-12-6-9(2)23-19-12/h3-6H,7H2,1-2H3,(H,16,19,22). The highest BCUT2D eigenvalue weighted by Crippen LogP contribution is 2.17. The van der Waals surface area contributed by atoms with E-state index in [1.54, 1.807) is 32.0 Å².